The number of nitrogens with one attached hydrogen (secondary N) is 5. The summed E-state index contributed by atoms with van der Waals surface area (Å²) in [7, 11) is 2.38. The van der Waals surface area contributed by atoms with E-state index in [-0.39, 0.29) is 12.5 Å². The summed E-state index contributed by atoms with van der Waals surface area (Å²) in [6.07, 6.45) is 3.22. The van der Waals surface area contributed by atoms with Crippen molar-refractivity contribution in [2.24, 2.45) is 0 Å². The van der Waals surface area contributed by atoms with Crippen LogP contribution in [0, 0.1) is 11.8 Å². The van der Waals surface area contributed by atoms with Gasteiger partial charge in [-0.15, -0.1) is 0 Å². The average molecular weight is 713 g/mol. The Bertz CT molecular complexity index is 1980. The number of aliphatic carboxylic acids is 1. The molecule has 1 aliphatic heterocycles. The first-order chi connectivity index (χ1) is 25.1. The number of rotatable bonds is 13. The third-order valence-corrected chi connectivity index (χ3v) is 8.42. The van der Waals surface area contributed by atoms with Crippen molar-refractivity contribution in [2.75, 3.05) is 33.9 Å². The number of aromatic amines is 2. The van der Waals surface area contributed by atoms with E-state index in [1.807, 2.05) is 42.5 Å². The van der Waals surface area contributed by atoms with Crippen LogP contribution < -0.4 is 16.0 Å². The van der Waals surface area contributed by atoms with Crippen LogP contribution in [0.25, 0.3) is 22.3 Å². The van der Waals surface area contributed by atoms with E-state index in [4.69, 9.17) is 0 Å². The first-order valence-electron chi connectivity index (χ1n) is 16.7. The molecule has 2 aromatic carbocycles. The standard InChI is InChI=1S/C36H40N8O8/c1-51-35(49)39-21-31(45)37-16-4-3-7-30-40-25-15-12-23(18-26(25)41-30)9-8-22-10-13-24(14-11-22)28-20-38-33(42-28)29-6-5-17-44(29)34(48)27(19-32(46)47)43-36(50)52-2/h10-15,18,20,27,29H,3-7,16-17,19,21H2,1-2H3,(H,37,45)(H,38,42)(H,39,49)(H,40,41)(H,43,50)(H,46,47). The van der Waals surface area contributed by atoms with Crippen molar-refractivity contribution >= 4 is 41.0 Å². The number of unbranched alkanes of at least 4 members (excludes halogenated alkanes) is 1. The number of imidazole rings is 2. The smallest absolute Gasteiger partial charge is 0.407 e. The lowest BCUT2D eigenvalue weighted by Gasteiger charge is -2.27. The lowest BCUT2D eigenvalue weighted by atomic mass is 10.1. The number of hydrogen-bond acceptors (Lipinski definition) is 9. The number of benzene rings is 2. The van der Waals surface area contributed by atoms with Gasteiger partial charge in [-0.25, -0.2) is 19.6 Å². The van der Waals surface area contributed by atoms with Crippen molar-refractivity contribution in [1.82, 2.24) is 40.8 Å². The van der Waals surface area contributed by atoms with E-state index >= 15 is 0 Å². The highest BCUT2D eigenvalue weighted by atomic mass is 16.5. The van der Waals surface area contributed by atoms with Crippen LogP contribution in [-0.2, 0) is 30.3 Å². The molecule has 5 rings (SSSR count). The zero-order valence-corrected chi connectivity index (χ0v) is 28.8. The summed E-state index contributed by atoms with van der Waals surface area (Å²) in [5.74, 6) is 5.82. The number of carbonyl (C=O) groups is 5. The molecular weight excluding hydrogens is 672 g/mol. The highest BCUT2D eigenvalue weighted by molar-refractivity contribution is 5.89. The number of aromatic nitrogens is 4. The number of ether oxygens (including phenoxy) is 2. The number of alkyl carbamates (subject to hydrolysis) is 2. The van der Waals surface area contributed by atoms with Gasteiger partial charge >= 0.3 is 18.2 Å². The predicted octanol–water partition coefficient (Wildman–Crippen LogP) is 3.01. The monoisotopic (exact) mass is 712 g/mol. The molecule has 4 amide bonds. The molecule has 2 aromatic heterocycles. The molecule has 6 N–H and O–H groups in total. The van der Waals surface area contributed by atoms with Gasteiger partial charge in [-0.1, -0.05) is 24.0 Å². The molecule has 0 saturated carbocycles. The van der Waals surface area contributed by atoms with Crippen LogP contribution in [-0.4, -0.2) is 99.8 Å². The Hall–Kier alpha value is -6.37. The van der Waals surface area contributed by atoms with E-state index in [1.165, 1.54) is 7.11 Å². The number of amides is 4. The minimum atomic E-state index is -1.26. The summed E-state index contributed by atoms with van der Waals surface area (Å²) in [6, 6.07) is 11.8. The molecule has 4 aromatic rings. The molecule has 1 aliphatic rings. The molecule has 52 heavy (non-hydrogen) atoms. The van der Waals surface area contributed by atoms with Crippen LogP contribution in [0.3, 0.4) is 0 Å². The summed E-state index contributed by atoms with van der Waals surface area (Å²) in [5, 5.41) is 16.7. The van der Waals surface area contributed by atoms with Crippen molar-refractivity contribution in [3.8, 4) is 23.1 Å². The number of methoxy groups -OCH3 is 2. The van der Waals surface area contributed by atoms with Gasteiger partial charge in [0.2, 0.25) is 11.8 Å². The highest BCUT2D eigenvalue weighted by Crippen LogP contribution is 2.32. The van der Waals surface area contributed by atoms with Gasteiger partial charge in [-0.2, -0.15) is 0 Å². The maximum absolute atomic E-state index is 13.3. The number of aryl methyl sites for hydroxylation is 1. The maximum Gasteiger partial charge on any atom is 0.407 e. The van der Waals surface area contributed by atoms with E-state index in [0.29, 0.717) is 31.8 Å². The molecule has 0 aliphatic carbocycles. The topological polar surface area (TPSA) is 221 Å². The number of hydrogen-bond donors (Lipinski definition) is 6. The first-order valence-corrected chi connectivity index (χ1v) is 16.7. The molecule has 0 spiro atoms. The summed E-state index contributed by atoms with van der Waals surface area (Å²) in [4.78, 5) is 76.6. The second kappa shape index (κ2) is 17.5. The summed E-state index contributed by atoms with van der Waals surface area (Å²) in [5.41, 5.74) is 5.00. The molecule has 1 saturated heterocycles. The van der Waals surface area contributed by atoms with Gasteiger partial charge in [0.25, 0.3) is 0 Å². The van der Waals surface area contributed by atoms with Gasteiger partial charge < -0.3 is 45.4 Å². The van der Waals surface area contributed by atoms with E-state index in [0.717, 1.165) is 65.6 Å². The van der Waals surface area contributed by atoms with Crippen molar-refractivity contribution < 1.29 is 38.6 Å². The number of fused-ring (bicyclic) bond motifs is 1. The largest absolute Gasteiger partial charge is 0.481 e. The second-order valence-electron chi connectivity index (χ2n) is 12.1. The van der Waals surface area contributed by atoms with Crippen molar-refractivity contribution in [2.45, 2.75) is 50.6 Å². The Morgan fingerprint density at radius 1 is 0.981 bits per heavy atom. The van der Waals surface area contributed by atoms with E-state index in [2.05, 4.69) is 57.2 Å². The van der Waals surface area contributed by atoms with Crippen molar-refractivity contribution in [1.29, 1.82) is 0 Å². The average Bonchev–Trinajstić information content (AvgIpc) is 3.92. The molecule has 0 bridgehead atoms. The normalized spacial score (nSPS) is 14.2. The Balaban J connectivity index is 1.15. The summed E-state index contributed by atoms with van der Waals surface area (Å²) >= 11 is 0. The summed E-state index contributed by atoms with van der Waals surface area (Å²) in [6.45, 7) is 0.763. The van der Waals surface area contributed by atoms with Crippen LogP contribution in [0.1, 0.15) is 60.9 Å². The van der Waals surface area contributed by atoms with Crippen molar-refractivity contribution in [3.05, 3.63) is 71.4 Å². The summed E-state index contributed by atoms with van der Waals surface area (Å²) < 4.78 is 9.01. The minimum Gasteiger partial charge on any atom is -0.481 e. The Morgan fingerprint density at radius 2 is 1.73 bits per heavy atom. The van der Waals surface area contributed by atoms with Gasteiger partial charge in [-0.3, -0.25) is 14.4 Å². The molecule has 272 valence electrons. The van der Waals surface area contributed by atoms with E-state index < -0.39 is 42.6 Å². The number of H-pyrrole nitrogens is 2. The van der Waals surface area contributed by atoms with Crippen molar-refractivity contribution in [3.63, 3.8) is 0 Å². The Labute approximate surface area is 299 Å². The maximum atomic E-state index is 13.3. The zero-order chi connectivity index (χ0) is 37.0. The third-order valence-electron chi connectivity index (χ3n) is 8.42. The molecule has 2 atom stereocenters. The number of nitrogens with zero attached hydrogens (tertiary/aromatic N) is 3. The SMILES string of the molecule is COC(=O)NCC(=O)NCCCCc1nc2ccc(C#Cc3ccc(-c4cnc(C5CCCN5C(=O)C(CC(=O)O)NC(=O)OC)[nH]4)cc3)cc2[nH]1. The van der Waals surface area contributed by atoms with Gasteiger partial charge in [-0.05, 0) is 61.6 Å². The molecule has 16 heteroatoms. The number of likely N-dealkylation sites (tertiary alicyclic amines) is 1. The second-order valence-corrected chi connectivity index (χ2v) is 12.1. The molecule has 2 unspecified atom stereocenters. The van der Waals surface area contributed by atoms with Gasteiger partial charge in [0, 0.05) is 30.6 Å². The van der Waals surface area contributed by atoms with Gasteiger partial charge in [0.15, 0.2) is 0 Å². The van der Waals surface area contributed by atoms with E-state index in [1.54, 1.807) is 11.1 Å². The predicted molar refractivity (Wildman–Crippen MR) is 188 cm³/mol. The number of carboxylic acids is 1. The van der Waals surface area contributed by atoms with Crippen LogP contribution >= 0.6 is 0 Å². The van der Waals surface area contributed by atoms with Gasteiger partial charge in [0.05, 0.1) is 56.2 Å². The molecule has 0 radical (unpaired) electrons. The quantitative estimate of drug-likeness (QED) is 0.0879. The van der Waals surface area contributed by atoms with Crippen LogP contribution in [0.15, 0.2) is 48.7 Å². The van der Waals surface area contributed by atoms with E-state index in [9.17, 15) is 29.1 Å². The zero-order valence-electron chi connectivity index (χ0n) is 28.8. The van der Waals surface area contributed by atoms with Crippen LogP contribution in [0.2, 0.25) is 0 Å². The lowest BCUT2D eigenvalue weighted by Crippen LogP contribution is -2.49. The fourth-order valence-electron chi connectivity index (χ4n) is 5.81. The molecule has 16 nitrogen and oxygen atoms in total. The highest BCUT2D eigenvalue weighted by Gasteiger charge is 2.37. The molecule has 3 heterocycles. The molecule has 1 fully saturated rings. The fraction of sp³-hybridized carbons (Fsp3) is 0.361. The number of carbonyl (C=O) groups excluding carboxylic acids is 4. The third kappa shape index (κ3) is 9.87. The minimum absolute atomic E-state index is 0.133. The van der Waals surface area contributed by atoms with Crippen LogP contribution in [0.4, 0.5) is 9.59 Å². The Morgan fingerprint density at radius 3 is 2.48 bits per heavy atom. The van der Waals surface area contributed by atoms with Gasteiger partial charge in [0.1, 0.15) is 17.7 Å². The first kappa shape index (κ1) is 36.9. The molecular formula is C36H40N8O8. The lowest BCUT2D eigenvalue weighted by molar-refractivity contribution is -0.143. The number of carboxylic acid groups (broad SMARTS) is 1. The van der Waals surface area contributed by atoms with Crippen LogP contribution in [0.5, 0.6) is 0 Å². The Kier molecular flexibility index (Phi) is 12.4. The fourth-order valence-corrected chi connectivity index (χ4v) is 5.81.